The van der Waals surface area contributed by atoms with Gasteiger partial charge in [-0.05, 0) is 31.5 Å². The first-order valence-corrected chi connectivity index (χ1v) is 9.52. The molecule has 2 aromatic rings. The second-order valence-electron chi connectivity index (χ2n) is 6.14. The molecule has 1 aromatic heterocycles. The van der Waals surface area contributed by atoms with Crippen LogP contribution in [0.3, 0.4) is 0 Å². The number of hydrogen-bond acceptors (Lipinski definition) is 6. The number of nitrogens with zero attached hydrogens (tertiary/aromatic N) is 4. The van der Waals surface area contributed by atoms with Crippen LogP contribution in [-0.4, -0.2) is 57.8 Å². The van der Waals surface area contributed by atoms with Gasteiger partial charge in [0.25, 0.3) is 0 Å². The number of carbonyl (C=O) groups excluding carboxylic acids is 1. The highest BCUT2D eigenvalue weighted by molar-refractivity contribution is 7.89. The fourth-order valence-corrected chi connectivity index (χ4v) is 3.47. The summed E-state index contributed by atoms with van der Waals surface area (Å²) in [6, 6.07) is 6.07. The molecule has 10 nitrogen and oxygen atoms in total. The molecule has 1 heterocycles. The Hall–Kier alpha value is -2.79. The van der Waals surface area contributed by atoms with Gasteiger partial charge in [-0.15, -0.1) is 5.10 Å². The molecule has 0 saturated carbocycles. The predicted octanol–water partition coefficient (Wildman–Crippen LogP) is 0.322. The SMILES string of the molecule is CC(C)N(C)S(=O)(=O)c1ccc(CNC(=O)Cn2cc(C(=O)O)nn2)cc1. The van der Waals surface area contributed by atoms with E-state index in [0.29, 0.717) is 0 Å². The first-order valence-electron chi connectivity index (χ1n) is 8.08. The molecule has 146 valence electrons. The van der Waals surface area contributed by atoms with Gasteiger partial charge in [-0.3, -0.25) is 4.79 Å². The van der Waals surface area contributed by atoms with E-state index < -0.39 is 16.0 Å². The van der Waals surface area contributed by atoms with E-state index in [2.05, 4.69) is 15.6 Å². The number of aromatic carboxylic acids is 1. The summed E-state index contributed by atoms with van der Waals surface area (Å²) in [7, 11) is -2.03. The number of carbonyl (C=O) groups is 2. The third-order valence-electron chi connectivity index (χ3n) is 3.88. The number of rotatable bonds is 8. The quantitative estimate of drug-likeness (QED) is 0.657. The molecule has 2 rings (SSSR count). The van der Waals surface area contributed by atoms with E-state index in [-0.39, 0.29) is 35.6 Å². The van der Waals surface area contributed by atoms with Crippen molar-refractivity contribution in [3.63, 3.8) is 0 Å². The van der Waals surface area contributed by atoms with Crippen molar-refractivity contribution in [1.29, 1.82) is 0 Å². The molecule has 0 bridgehead atoms. The molecular formula is C16H21N5O5S. The molecule has 27 heavy (non-hydrogen) atoms. The van der Waals surface area contributed by atoms with Crippen molar-refractivity contribution in [2.45, 2.75) is 37.9 Å². The van der Waals surface area contributed by atoms with Gasteiger partial charge in [-0.1, -0.05) is 17.3 Å². The van der Waals surface area contributed by atoms with Crippen LogP contribution >= 0.6 is 0 Å². The Labute approximate surface area is 156 Å². The van der Waals surface area contributed by atoms with Gasteiger partial charge < -0.3 is 10.4 Å². The summed E-state index contributed by atoms with van der Waals surface area (Å²) >= 11 is 0. The molecule has 2 N–H and O–H groups in total. The molecule has 11 heteroatoms. The van der Waals surface area contributed by atoms with Crippen LogP contribution < -0.4 is 5.32 Å². The first kappa shape index (κ1) is 20.5. The van der Waals surface area contributed by atoms with Crippen LogP contribution in [-0.2, 0) is 27.9 Å². The number of aromatic nitrogens is 3. The number of benzene rings is 1. The fraction of sp³-hybridized carbons (Fsp3) is 0.375. The van der Waals surface area contributed by atoms with Crippen molar-refractivity contribution in [3.05, 3.63) is 41.7 Å². The van der Waals surface area contributed by atoms with Gasteiger partial charge >= 0.3 is 5.97 Å². The van der Waals surface area contributed by atoms with Crippen molar-refractivity contribution in [2.75, 3.05) is 7.05 Å². The van der Waals surface area contributed by atoms with Crippen LogP contribution in [0.4, 0.5) is 0 Å². The van der Waals surface area contributed by atoms with Crippen LogP contribution in [0.15, 0.2) is 35.4 Å². The maximum Gasteiger partial charge on any atom is 0.358 e. The maximum atomic E-state index is 12.4. The lowest BCUT2D eigenvalue weighted by molar-refractivity contribution is -0.122. The van der Waals surface area contributed by atoms with Crippen molar-refractivity contribution in [1.82, 2.24) is 24.6 Å². The Bertz CT molecular complexity index is 921. The van der Waals surface area contributed by atoms with Crippen LogP contribution in [0, 0.1) is 0 Å². The van der Waals surface area contributed by atoms with Gasteiger partial charge in [0.05, 0.1) is 11.1 Å². The Balaban J connectivity index is 1.94. The Morgan fingerprint density at radius 2 is 1.89 bits per heavy atom. The minimum absolute atomic E-state index is 0.160. The third kappa shape index (κ3) is 5.11. The molecule has 0 aliphatic heterocycles. The van der Waals surface area contributed by atoms with Crippen LogP contribution in [0.1, 0.15) is 29.9 Å². The molecule has 0 aliphatic carbocycles. The molecule has 0 spiro atoms. The van der Waals surface area contributed by atoms with E-state index in [9.17, 15) is 18.0 Å². The number of amides is 1. The number of carboxylic acids is 1. The largest absolute Gasteiger partial charge is 0.476 e. The van der Waals surface area contributed by atoms with Crippen LogP contribution in [0.2, 0.25) is 0 Å². The summed E-state index contributed by atoms with van der Waals surface area (Å²) in [5, 5.41) is 18.4. The standard InChI is InChI=1S/C16H21N5O5S/c1-11(2)20(3)27(25,26)13-6-4-12(5-7-13)8-17-15(22)10-21-9-14(16(23)24)18-19-21/h4-7,9,11H,8,10H2,1-3H3,(H,17,22)(H,23,24). The van der Waals surface area contributed by atoms with Crippen molar-refractivity contribution in [2.24, 2.45) is 0 Å². The summed E-state index contributed by atoms with van der Waals surface area (Å²) < 4.78 is 27.2. The lowest BCUT2D eigenvalue weighted by atomic mass is 10.2. The zero-order chi connectivity index (χ0) is 20.2. The third-order valence-corrected chi connectivity index (χ3v) is 5.93. The number of nitrogens with one attached hydrogen (secondary N) is 1. The zero-order valence-electron chi connectivity index (χ0n) is 15.2. The molecular weight excluding hydrogens is 374 g/mol. The normalized spacial score (nSPS) is 11.7. The smallest absolute Gasteiger partial charge is 0.358 e. The van der Waals surface area contributed by atoms with Gasteiger partial charge in [-0.2, -0.15) is 4.31 Å². The Morgan fingerprint density at radius 1 is 1.26 bits per heavy atom. The molecule has 0 aliphatic rings. The summed E-state index contributed by atoms with van der Waals surface area (Å²) in [5.74, 6) is -1.60. The maximum absolute atomic E-state index is 12.4. The first-order chi connectivity index (χ1) is 12.6. The highest BCUT2D eigenvalue weighted by Gasteiger charge is 2.22. The van der Waals surface area contributed by atoms with Gasteiger partial charge in [0.15, 0.2) is 5.69 Å². The summed E-state index contributed by atoms with van der Waals surface area (Å²) in [6.07, 6.45) is 1.16. The van der Waals surface area contributed by atoms with E-state index >= 15 is 0 Å². The Kier molecular flexibility index (Phi) is 6.28. The van der Waals surface area contributed by atoms with E-state index in [0.717, 1.165) is 16.4 Å². The molecule has 0 fully saturated rings. The molecule has 0 radical (unpaired) electrons. The molecule has 0 unspecified atom stereocenters. The monoisotopic (exact) mass is 395 g/mol. The average Bonchev–Trinajstić information content (AvgIpc) is 3.08. The molecule has 0 atom stereocenters. The minimum Gasteiger partial charge on any atom is -0.476 e. The topological polar surface area (TPSA) is 134 Å². The number of sulfonamides is 1. The van der Waals surface area contributed by atoms with Crippen LogP contribution in [0.25, 0.3) is 0 Å². The Morgan fingerprint density at radius 3 is 2.41 bits per heavy atom. The molecule has 0 saturated heterocycles. The molecule has 1 amide bonds. The van der Waals surface area contributed by atoms with Gasteiger partial charge in [0, 0.05) is 19.6 Å². The summed E-state index contributed by atoms with van der Waals surface area (Å²) in [5.41, 5.74) is 0.477. The number of hydrogen-bond donors (Lipinski definition) is 2. The highest BCUT2D eigenvalue weighted by Crippen LogP contribution is 2.17. The van der Waals surface area contributed by atoms with E-state index in [1.54, 1.807) is 26.0 Å². The minimum atomic E-state index is -3.55. The van der Waals surface area contributed by atoms with Gasteiger partial charge in [-0.25, -0.2) is 17.9 Å². The molecule has 1 aromatic carbocycles. The van der Waals surface area contributed by atoms with E-state index in [4.69, 9.17) is 5.11 Å². The van der Waals surface area contributed by atoms with Crippen LogP contribution in [0.5, 0.6) is 0 Å². The van der Waals surface area contributed by atoms with Gasteiger partial charge in [0.2, 0.25) is 15.9 Å². The highest BCUT2D eigenvalue weighted by atomic mass is 32.2. The summed E-state index contributed by atoms with van der Waals surface area (Å²) in [6.45, 7) is 3.59. The lowest BCUT2D eigenvalue weighted by Crippen LogP contribution is -2.33. The second kappa shape index (κ2) is 8.27. The van der Waals surface area contributed by atoms with E-state index in [1.807, 2.05) is 0 Å². The summed E-state index contributed by atoms with van der Waals surface area (Å²) in [4.78, 5) is 22.8. The van der Waals surface area contributed by atoms with Gasteiger partial charge in [0.1, 0.15) is 6.54 Å². The average molecular weight is 395 g/mol. The fourth-order valence-electron chi connectivity index (χ4n) is 2.10. The second-order valence-corrected chi connectivity index (χ2v) is 8.14. The van der Waals surface area contributed by atoms with E-state index in [1.165, 1.54) is 23.5 Å². The zero-order valence-corrected chi connectivity index (χ0v) is 16.0. The number of carboxylic acid groups (broad SMARTS) is 1. The van der Waals surface area contributed by atoms with Crippen molar-refractivity contribution in [3.8, 4) is 0 Å². The van der Waals surface area contributed by atoms with Crippen molar-refractivity contribution >= 4 is 21.9 Å². The van der Waals surface area contributed by atoms with Crippen molar-refractivity contribution < 1.29 is 23.1 Å². The predicted molar refractivity (Wildman–Crippen MR) is 95.4 cm³/mol. The lowest BCUT2D eigenvalue weighted by Gasteiger charge is -2.21.